The molecule has 0 aliphatic heterocycles. The Kier molecular flexibility index (Phi) is 2.49. The average molecular weight is 190 g/mol. The fourth-order valence-electron chi connectivity index (χ4n) is 0.966. The summed E-state index contributed by atoms with van der Waals surface area (Å²) < 4.78 is 1.15. The summed E-state index contributed by atoms with van der Waals surface area (Å²) in [4.78, 5) is 14.2. The number of carboxylic acids is 1. The van der Waals surface area contributed by atoms with Crippen LogP contribution >= 0.6 is 0 Å². The molecule has 1 aromatic rings. The number of carboxylic acid groups (broad SMARTS) is 1. The first kappa shape index (κ1) is 9.75. The summed E-state index contributed by atoms with van der Waals surface area (Å²) in [5, 5.41) is 26.0. The van der Waals surface area contributed by atoms with Gasteiger partial charge >= 0.3 is 5.97 Å². The molecule has 14 heavy (non-hydrogen) atoms. The van der Waals surface area contributed by atoms with Crippen molar-refractivity contribution in [3.05, 3.63) is 17.7 Å². The summed E-state index contributed by atoms with van der Waals surface area (Å²) in [6.07, 6.45) is 1.18. The van der Waals surface area contributed by atoms with Crippen molar-refractivity contribution in [3.8, 4) is 12.1 Å². The molecular weight excluding hydrogens is 184 g/mol. The molecule has 0 saturated heterocycles. The second kappa shape index (κ2) is 3.58. The molecule has 1 aromatic heterocycles. The highest BCUT2D eigenvalue weighted by molar-refractivity contribution is 5.71. The lowest BCUT2D eigenvalue weighted by Crippen LogP contribution is -2.16. The van der Waals surface area contributed by atoms with Crippen LogP contribution in [0.4, 0.5) is 0 Å². The number of nitrogens with zero attached hydrogens (tertiary/aromatic N) is 4. The van der Waals surface area contributed by atoms with Gasteiger partial charge in [0.15, 0.2) is 11.4 Å². The Bertz CT molecular complexity index is 449. The largest absolute Gasteiger partial charge is 0.480 e. The molecule has 1 rings (SSSR count). The van der Waals surface area contributed by atoms with Crippen molar-refractivity contribution in [1.82, 2.24) is 9.55 Å². The Labute approximate surface area is 79.6 Å². The first-order valence-corrected chi connectivity index (χ1v) is 3.71. The van der Waals surface area contributed by atoms with Gasteiger partial charge in [-0.2, -0.15) is 10.5 Å². The van der Waals surface area contributed by atoms with Crippen LogP contribution < -0.4 is 0 Å². The van der Waals surface area contributed by atoms with Crippen LogP contribution in [0.25, 0.3) is 0 Å². The van der Waals surface area contributed by atoms with Gasteiger partial charge in [-0.3, -0.25) is 0 Å². The van der Waals surface area contributed by atoms with Crippen LogP contribution in [0.2, 0.25) is 0 Å². The van der Waals surface area contributed by atoms with Crippen molar-refractivity contribution in [3.63, 3.8) is 0 Å². The number of rotatable bonds is 2. The van der Waals surface area contributed by atoms with Crippen molar-refractivity contribution in [1.29, 1.82) is 10.5 Å². The Balaban J connectivity index is 3.25. The van der Waals surface area contributed by atoms with E-state index in [1.165, 1.54) is 13.3 Å². The first-order chi connectivity index (χ1) is 6.61. The predicted molar refractivity (Wildman–Crippen MR) is 44.0 cm³/mol. The Hall–Kier alpha value is -2.34. The van der Waals surface area contributed by atoms with Crippen LogP contribution in [0, 0.1) is 22.7 Å². The minimum Gasteiger partial charge on any atom is -0.480 e. The van der Waals surface area contributed by atoms with E-state index < -0.39 is 12.0 Å². The van der Waals surface area contributed by atoms with Gasteiger partial charge in [0.25, 0.3) is 0 Å². The van der Waals surface area contributed by atoms with Crippen molar-refractivity contribution in [2.75, 3.05) is 0 Å². The lowest BCUT2D eigenvalue weighted by atomic mass is 10.3. The van der Waals surface area contributed by atoms with E-state index in [0.29, 0.717) is 0 Å². The molecule has 0 aliphatic rings. The van der Waals surface area contributed by atoms with Crippen LogP contribution in [-0.4, -0.2) is 20.6 Å². The summed E-state index contributed by atoms with van der Waals surface area (Å²) >= 11 is 0. The monoisotopic (exact) mass is 190 g/mol. The second-order valence-electron chi connectivity index (χ2n) is 2.59. The summed E-state index contributed by atoms with van der Waals surface area (Å²) in [7, 11) is 0. The van der Waals surface area contributed by atoms with E-state index in [9.17, 15) is 4.79 Å². The topological polar surface area (TPSA) is 103 Å². The third kappa shape index (κ3) is 1.41. The lowest BCUT2D eigenvalue weighted by Gasteiger charge is -2.07. The van der Waals surface area contributed by atoms with Gasteiger partial charge in [-0.1, -0.05) is 0 Å². The molecule has 0 aliphatic carbocycles. The normalized spacial score (nSPS) is 11.4. The molecule has 6 heteroatoms. The van der Waals surface area contributed by atoms with Crippen LogP contribution in [0.5, 0.6) is 0 Å². The maximum absolute atomic E-state index is 10.6. The molecule has 6 nitrogen and oxygen atoms in total. The van der Waals surface area contributed by atoms with Crippen LogP contribution in [0.3, 0.4) is 0 Å². The maximum Gasteiger partial charge on any atom is 0.326 e. The molecule has 1 atom stereocenters. The number of nitriles is 2. The third-order valence-electron chi connectivity index (χ3n) is 1.78. The van der Waals surface area contributed by atoms with Crippen molar-refractivity contribution in [2.45, 2.75) is 13.0 Å². The number of hydrogen-bond donors (Lipinski definition) is 1. The number of imidazole rings is 1. The summed E-state index contributed by atoms with van der Waals surface area (Å²) in [5.41, 5.74) is -0.0806. The van der Waals surface area contributed by atoms with E-state index in [4.69, 9.17) is 15.6 Å². The molecule has 1 unspecified atom stereocenters. The molecule has 70 valence electrons. The zero-order valence-corrected chi connectivity index (χ0v) is 7.30. The highest BCUT2D eigenvalue weighted by Crippen LogP contribution is 2.12. The molecule has 0 radical (unpaired) electrons. The Morgan fingerprint density at radius 1 is 1.64 bits per heavy atom. The minimum absolute atomic E-state index is 0.0256. The van der Waals surface area contributed by atoms with Gasteiger partial charge in [0.2, 0.25) is 0 Å². The van der Waals surface area contributed by atoms with Gasteiger partial charge in [-0.25, -0.2) is 9.78 Å². The SMILES string of the molecule is CC(C(=O)O)n1cnc(C#N)c1C#N. The molecule has 0 amide bonds. The van der Waals surface area contributed by atoms with E-state index in [-0.39, 0.29) is 11.4 Å². The van der Waals surface area contributed by atoms with Gasteiger partial charge < -0.3 is 9.67 Å². The quantitative estimate of drug-likeness (QED) is 0.720. The number of aliphatic carboxylic acids is 1. The Morgan fingerprint density at radius 2 is 2.29 bits per heavy atom. The molecule has 0 bridgehead atoms. The molecule has 1 heterocycles. The summed E-state index contributed by atoms with van der Waals surface area (Å²) in [6, 6.07) is 2.56. The fraction of sp³-hybridized carbons (Fsp3) is 0.250. The highest BCUT2D eigenvalue weighted by atomic mass is 16.4. The third-order valence-corrected chi connectivity index (χ3v) is 1.78. The average Bonchev–Trinajstić information content (AvgIpc) is 2.58. The van der Waals surface area contributed by atoms with Gasteiger partial charge in [0, 0.05) is 0 Å². The van der Waals surface area contributed by atoms with Crippen molar-refractivity contribution < 1.29 is 9.90 Å². The van der Waals surface area contributed by atoms with E-state index >= 15 is 0 Å². The van der Waals surface area contributed by atoms with Crippen molar-refractivity contribution in [2.24, 2.45) is 0 Å². The van der Waals surface area contributed by atoms with E-state index in [0.717, 1.165) is 4.57 Å². The van der Waals surface area contributed by atoms with Gasteiger partial charge in [0.05, 0.1) is 6.33 Å². The minimum atomic E-state index is -1.08. The second-order valence-corrected chi connectivity index (χ2v) is 2.59. The molecule has 0 spiro atoms. The lowest BCUT2D eigenvalue weighted by molar-refractivity contribution is -0.140. The molecule has 0 aromatic carbocycles. The molecule has 0 fully saturated rings. The molecule has 1 N–H and O–H groups in total. The van der Waals surface area contributed by atoms with Gasteiger partial charge in [-0.05, 0) is 6.92 Å². The van der Waals surface area contributed by atoms with Crippen molar-refractivity contribution >= 4 is 5.97 Å². The molecule has 0 saturated carbocycles. The number of carbonyl (C=O) groups is 1. The van der Waals surface area contributed by atoms with Crippen LogP contribution in [0.1, 0.15) is 24.4 Å². The van der Waals surface area contributed by atoms with E-state index in [1.54, 1.807) is 12.1 Å². The zero-order valence-electron chi connectivity index (χ0n) is 7.30. The van der Waals surface area contributed by atoms with Gasteiger partial charge in [0.1, 0.15) is 18.2 Å². The maximum atomic E-state index is 10.6. The number of aromatic nitrogens is 2. The van der Waals surface area contributed by atoms with Gasteiger partial charge in [-0.15, -0.1) is 0 Å². The van der Waals surface area contributed by atoms with E-state index in [1.807, 2.05) is 0 Å². The zero-order chi connectivity index (χ0) is 10.7. The fourth-order valence-corrected chi connectivity index (χ4v) is 0.966. The molecular formula is C8H6N4O2. The van der Waals surface area contributed by atoms with Crippen LogP contribution in [-0.2, 0) is 4.79 Å². The first-order valence-electron chi connectivity index (χ1n) is 3.71. The number of hydrogen-bond acceptors (Lipinski definition) is 4. The smallest absolute Gasteiger partial charge is 0.326 e. The predicted octanol–water partition coefficient (Wildman–Crippen LogP) is 0.272. The summed E-state index contributed by atoms with van der Waals surface area (Å²) in [5.74, 6) is -1.08. The summed E-state index contributed by atoms with van der Waals surface area (Å²) in [6.45, 7) is 1.41. The highest BCUT2D eigenvalue weighted by Gasteiger charge is 2.19. The standard InChI is InChI=1S/C8H6N4O2/c1-5(8(13)14)12-4-11-6(2-9)7(12)3-10/h4-5H,1H3,(H,13,14). The van der Waals surface area contributed by atoms with Crippen LogP contribution in [0.15, 0.2) is 6.33 Å². The van der Waals surface area contributed by atoms with E-state index in [2.05, 4.69) is 4.98 Å². The Morgan fingerprint density at radius 3 is 2.71 bits per heavy atom.